The number of nitriles is 1. The highest BCUT2D eigenvalue weighted by Gasteiger charge is 2.11. The molecule has 40 heavy (non-hydrogen) atoms. The van der Waals surface area contributed by atoms with Gasteiger partial charge in [-0.1, -0.05) is 12.1 Å². The smallest absolute Gasteiger partial charge is 0.270 e. The number of carbonyl (C=O) groups excluding carboxylic acids is 1. The van der Waals surface area contributed by atoms with Gasteiger partial charge in [0.25, 0.3) is 5.91 Å². The Morgan fingerprint density at radius 1 is 0.925 bits per heavy atom. The average molecular weight is 529 g/mol. The van der Waals surface area contributed by atoms with Crippen LogP contribution in [0.4, 0.5) is 11.5 Å². The molecule has 196 valence electrons. The van der Waals surface area contributed by atoms with E-state index in [1.54, 1.807) is 62.1 Å². The number of benzene rings is 1. The van der Waals surface area contributed by atoms with E-state index in [0.29, 0.717) is 35.2 Å². The predicted molar refractivity (Wildman–Crippen MR) is 150 cm³/mol. The van der Waals surface area contributed by atoms with Crippen molar-refractivity contribution in [3.05, 3.63) is 108 Å². The lowest BCUT2D eigenvalue weighted by Crippen LogP contribution is -2.23. The van der Waals surface area contributed by atoms with Gasteiger partial charge in [0.1, 0.15) is 11.5 Å². The van der Waals surface area contributed by atoms with Crippen molar-refractivity contribution in [1.82, 2.24) is 30.2 Å². The fraction of sp³-hybridized carbons (Fsp3) is 0.100. The number of carbonyl (C=O) groups is 1. The lowest BCUT2D eigenvalue weighted by molar-refractivity contribution is 0.0946. The number of pyridine rings is 3. The van der Waals surface area contributed by atoms with Crippen molar-refractivity contribution in [3.63, 3.8) is 0 Å². The van der Waals surface area contributed by atoms with Gasteiger partial charge < -0.3 is 15.4 Å². The second-order valence-electron chi connectivity index (χ2n) is 8.79. The summed E-state index contributed by atoms with van der Waals surface area (Å²) >= 11 is 0. The summed E-state index contributed by atoms with van der Waals surface area (Å²) in [7, 11) is 1.57. The van der Waals surface area contributed by atoms with Crippen LogP contribution in [0, 0.1) is 18.3 Å². The highest BCUT2D eigenvalue weighted by molar-refractivity contribution is 5.92. The second kappa shape index (κ2) is 11.8. The Hall–Kier alpha value is -5.69. The summed E-state index contributed by atoms with van der Waals surface area (Å²) in [6, 6.07) is 21.9. The van der Waals surface area contributed by atoms with Crippen LogP contribution in [-0.4, -0.2) is 37.9 Å². The van der Waals surface area contributed by atoms with E-state index in [4.69, 9.17) is 10.00 Å². The van der Waals surface area contributed by atoms with E-state index in [9.17, 15) is 4.79 Å². The van der Waals surface area contributed by atoms with Gasteiger partial charge in [0.05, 0.1) is 24.4 Å². The molecule has 0 radical (unpaired) electrons. The maximum atomic E-state index is 12.7. The van der Waals surface area contributed by atoms with Crippen LogP contribution in [0.1, 0.15) is 27.3 Å². The second-order valence-corrected chi connectivity index (χ2v) is 8.79. The molecule has 0 unspecified atom stereocenters. The van der Waals surface area contributed by atoms with Crippen LogP contribution in [0.15, 0.2) is 85.3 Å². The molecule has 10 nitrogen and oxygen atoms in total. The van der Waals surface area contributed by atoms with Crippen LogP contribution >= 0.6 is 0 Å². The molecule has 0 aliphatic heterocycles. The van der Waals surface area contributed by atoms with E-state index < -0.39 is 0 Å². The number of nitrogens with one attached hydrogen (secondary N) is 2. The van der Waals surface area contributed by atoms with E-state index in [0.717, 1.165) is 28.2 Å². The Balaban J connectivity index is 1.22. The zero-order valence-corrected chi connectivity index (χ0v) is 21.8. The average Bonchev–Trinajstić information content (AvgIpc) is 3.00. The molecule has 0 bridgehead atoms. The molecule has 4 aromatic heterocycles. The molecule has 0 fully saturated rings. The third kappa shape index (κ3) is 6.23. The zero-order valence-electron chi connectivity index (χ0n) is 21.8. The van der Waals surface area contributed by atoms with Crippen molar-refractivity contribution in [3.8, 4) is 34.6 Å². The number of aryl methyl sites for hydroxylation is 1. The maximum absolute atomic E-state index is 12.7. The SMILES string of the molecule is COc1ccc(-c2ccc(CNC(=O)c3ccc(-c4nc(C)cc(Nc5cccc(C#N)c5)n4)cn3)cn2)cn1. The number of ether oxygens (including phenoxy) is 1. The number of hydrogen-bond acceptors (Lipinski definition) is 9. The minimum atomic E-state index is -0.306. The van der Waals surface area contributed by atoms with Gasteiger partial charge >= 0.3 is 0 Å². The Morgan fingerprint density at radius 3 is 2.48 bits per heavy atom. The van der Waals surface area contributed by atoms with E-state index in [2.05, 4.69) is 41.6 Å². The van der Waals surface area contributed by atoms with Crippen LogP contribution in [-0.2, 0) is 6.54 Å². The molecule has 2 N–H and O–H groups in total. The molecule has 5 rings (SSSR count). The lowest BCUT2D eigenvalue weighted by Gasteiger charge is -2.09. The first-order valence-electron chi connectivity index (χ1n) is 12.3. The number of aromatic nitrogens is 5. The van der Waals surface area contributed by atoms with Crippen LogP contribution < -0.4 is 15.4 Å². The Kier molecular flexibility index (Phi) is 7.64. The molecule has 1 amide bonds. The van der Waals surface area contributed by atoms with Crippen LogP contribution in [0.2, 0.25) is 0 Å². The van der Waals surface area contributed by atoms with Gasteiger partial charge in [-0.05, 0) is 55.0 Å². The molecule has 0 aliphatic carbocycles. The molecular weight excluding hydrogens is 504 g/mol. The van der Waals surface area contributed by atoms with Gasteiger partial charge in [-0.15, -0.1) is 0 Å². The first-order valence-corrected chi connectivity index (χ1v) is 12.3. The highest BCUT2D eigenvalue weighted by Crippen LogP contribution is 2.21. The molecule has 10 heteroatoms. The number of anilines is 2. The summed E-state index contributed by atoms with van der Waals surface area (Å²) in [6.45, 7) is 2.17. The topological polar surface area (TPSA) is 139 Å². The van der Waals surface area contributed by atoms with Crippen LogP contribution in [0.5, 0.6) is 5.88 Å². The van der Waals surface area contributed by atoms with Gasteiger partial charge in [-0.25, -0.2) is 15.0 Å². The largest absolute Gasteiger partial charge is 0.481 e. The molecule has 0 saturated carbocycles. The fourth-order valence-corrected chi connectivity index (χ4v) is 3.86. The Morgan fingerprint density at radius 2 is 1.77 bits per heavy atom. The summed E-state index contributed by atoms with van der Waals surface area (Å²) in [4.78, 5) is 34.8. The van der Waals surface area contributed by atoms with Crippen LogP contribution in [0.25, 0.3) is 22.6 Å². The predicted octanol–water partition coefficient (Wildman–Crippen LogP) is 4.86. The van der Waals surface area contributed by atoms with Gasteiger partial charge in [0.15, 0.2) is 5.82 Å². The highest BCUT2D eigenvalue weighted by atomic mass is 16.5. The number of hydrogen-bond donors (Lipinski definition) is 2. The normalized spacial score (nSPS) is 10.4. The van der Waals surface area contributed by atoms with E-state index in [1.165, 1.54) is 0 Å². The van der Waals surface area contributed by atoms with Crippen molar-refractivity contribution in [1.29, 1.82) is 5.26 Å². The standard InChI is InChI=1S/C30H24N8O2/c1-19-12-27(37-24-5-3-4-20(13-24)14-31)38-29(36-19)23-7-10-26(33-18-23)30(39)35-16-21-6-9-25(32-15-21)22-8-11-28(40-2)34-17-22/h3-13,15,17-18H,16H2,1-2H3,(H,35,39)(H,36,37,38). The van der Waals surface area contributed by atoms with Crippen molar-refractivity contribution in [2.45, 2.75) is 13.5 Å². The quantitative estimate of drug-likeness (QED) is 0.289. The third-order valence-corrected chi connectivity index (χ3v) is 5.89. The zero-order chi connectivity index (χ0) is 27.9. The van der Waals surface area contributed by atoms with Gasteiger partial charge in [0.2, 0.25) is 5.88 Å². The van der Waals surface area contributed by atoms with Crippen LogP contribution in [0.3, 0.4) is 0 Å². The monoisotopic (exact) mass is 528 g/mol. The first-order chi connectivity index (χ1) is 19.5. The summed E-state index contributed by atoms with van der Waals surface area (Å²) < 4.78 is 5.09. The van der Waals surface area contributed by atoms with Gasteiger partial charge in [-0.3, -0.25) is 14.8 Å². The molecular formula is C30H24N8O2. The van der Waals surface area contributed by atoms with Gasteiger partial charge in [0, 0.05) is 59.8 Å². The molecule has 0 atom stereocenters. The van der Waals surface area contributed by atoms with Crippen molar-refractivity contribution in [2.75, 3.05) is 12.4 Å². The Bertz CT molecular complexity index is 1680. The van der Waals surface area contributed by atoms with Crippen molar-refractivity contribution >= 4 is 17.4 Å². The first kappa shape index (κ1) is 25.9. The van der Waals surface area contributed by atoms with Crippen molar-refractivity contribution in [2.24, 2.45) is 0 Å². The molecule has 0 spiro atoms. The summed E-state index contributed by atoms with van der Waals surface area (Å²) in [5, 5.41) is 15.2. The van der Waals surface area contributed by atoms with E-state index in [-0.39, 0.29) is 11.6 Å². The minimum Gasteiger partial charge on any atom is -0.481 e. The molecule has 5 aromatic rings. The number of methoxy groups -OCH3 is 1. The molecule has 0 aliphatic rings. The fourth-order valence-electron chi connectivity index (χ4n) is 3.86. The molecule has 1 aromatic carbocycles. The summed E-state index contributed by atoms with van der Waals surface area (Å²) in [5.74, 6) is 1.29. The Labute approximate surface area is 230 Å². The number of nitrogens with zero attached hydrogens (tertiary/aromatic N) is 6. The minimum absolute atomic E-state index is 0.275. The molecule has 0 saturated heterocycles. The number of rotatable bonds is 8. The van der Waals surface area contributed by atoms with E-state index >= 15 is 0 Å². The summed E-state index contributed by atoms with van der Waals surface area (Å²) in [6.07, 6.45) is 4.99. The van der Waals surface area contributed by atoms with Crippen molar-refractivity contribution < 1.29 is 9.53 Å². The third-order valence-electron chi connectivity index (χ3n) is 5.89. The maximum Gasteiger partial charge on any atom is 0.270 e. The lowest BCUT2D eigenvalue weighted by atomic mass is 10.1. The summed E-state index contributed by atoms with van der Waals surface area (Å²) in [5.41, 5.74) is 5.49. The van der Waals surface area contributed by atoms with E-state index in [1.807, 2.05) is 37.3 Å². The number of amides is 1. The van der Waals surface area contributed by atoms with Gasteiger partial charge in [-0.2, -0.15) is 5.26 Å². The molecule has 4 heterocycles.